The quantitative estimate of drug-likeness (QED) is 0.365. The van der Waals surface area contributed by atoms with E-state index in [2.05, 4.69) is 0 Å². The Balaban J connectivity index is -0.000000122. The van der Waals surface area contributed by atoms with Gasteiger partial charge in [0.05, 0.1) is 0 Å². The Morgan fingerprint density at radius 1 is 0.720 bits per heavy atom. The molecular formula is C17H34F3O3SiZr-. The van der Waals surface area contributed by atoms with Crippen LogP contribution in [0.4, 0.5) is 12.3 Å². The van der Waals surface area contributed by atoms with Crippen molar-refractivity contribution in [1.29, 1.82) is 0 Å². The Morgan fingerprint density at radius 2 is 0.920 bits per heavy atom. The topological polar surface area (TPSA) is 60.7 Å². The largest absolute Gasteiger partial charge is 0.584 e. The van der Waals surface area contributed by atoms with Gasteiger partial charge in [-0.2, -0.15) is 12.1 Å². The fourth-order valence-electron chi connectivity index (χ4n) is 0.563. The summed E-state index contributed by atoms with van der Waals surface area (Å²) in [7, 11) is -5.48. The molecule has 8 heteroatoms. The summed E-state index contributed by atoms with van der Waals surface area (Å²) in [4.78, 5) is 0. The SMILES string of the molecule is CC(C)CO.CC(C)CO.CC(C)CO.F[Si](F)(F)[c-]1cccc1.[Zr]. The molecule has 1 aromatic carbocycles. The van der Waals surface area contributed by atoms with E-state index in [9.17, 15) is 12.3 Å². The molecule has 0 fully saturated rings. The second-order valence-corrected chi connectivity index (χ2v) is 7.97. The van der Waals surface area contributed by atoms with Crippen LogP contribution in [0.3, 0.4) is 0 Å². The minimum Gasteiger partial charge on any atom is -0.396 e. The molecule has 0 aliphatic rings. The standard InChI is InChI=1S/C5H4F3Si.3C4H10O.Zr/c6-9(7,8)5-3-1-2-4-5;3*1-4(2)3-5;/h1-4H;3*4-5H,3H2,1-2H3;/q-1;;;;. The summed E-state index contributed by atoms with van der Waals surface area (Å²) in [6.07, 6.45) is 0. The minimum atomic E-state index is -5.48. The van der Waals surface area contributed by atoms with Crippen LogP contribution >= 0.6 is 0 Å². The van der Waals surface area contributed by atoms with E-state index in [1.807, 2.05) is 41.5 Å². The molecule has 0 aromatic heterocycles. The molecule has 0 radical (unpaired) electrons. The Morgan fingerprint density at radius 3 is 1.00 bits per heavy atom. The predicted molar refractivity (Wildman–Crippen MR) is 96.5 cm³/mol. The zero-order valence-electron chi connectivity index (χ0n) is 16.1. The van der Waals surface area contributed by atoms with Gasteiger partial charge in [0, 0.05) is 46.0 Å². The van der Waals surface area contributed by atoms with E-state index in [4.69, 9.17) is 15.3 Å². The molecule has 0 aliphatic heterocycles. The van der Waals surface area contributed by atoms with Gasteiger partial charge >= 0.3 is 9.08 Å². The first-order valence-electron chi connectivity index (χ1n) is 8.03. The fraction of sp³-hybridized carbons (Fsp3) is 0.706. The molecule has 3 nitrogen and oxygen atoms in total. The molecule has 150 valence electrons. The molecule has 0 saturated carbocycles. The van der Waals surface area contributed by atoms with Crippen LogP contribution < -0.4 is 5.19 Å². The van der Waals surface area contributed by atoms with Gasteiger partial charge in [-0.15, -0.1) is 0 Å². The van der Waals surface area contributed by atoms with E-state index in [1.54, 1.807) is 0 Å². The van der Waals surface area contributed by atoms with Crippen LogP contribution in [-0.4, -0.2) is 44.2 Å². The van der Waals surface area contributed by atoms with Crippen molar-refractivity contribution in [2.24, 2.45) is 17.8 Å². The summed E-state index contributed by atoms with van der Waals surface area (Å²) >= 11 is 0. The van der Waals surface area contributed by atoms with Crippen molar-refractivity contribution < 1.29 is 53.8 Å². The first-order valence-corrected chi connectivity index (χ1v) is 9.67. The predicted octanol–water partition coefficient (Wildman–Crippen LogP) is 3.36. The average Bonchev–Trinajstić information content (AvgIpc) is 3.03. The molecule has 0 unspecified atom stereocenters. The maximum absolute atomic E-state index is 11.8. The Bertz CT molecular complexity index is 324. The normalized spacial score (nSPS) is 10.0. The van der Waals surface area contributed by atoms with Crippen molar-refractivity contribution in [2.75, 3.05) is 19.8 Å². The molecule has 0 amide bonds. The second kappa shape index (κ2) is 20.4. The first-order chi connectivity index (χ1) is 10.9. The van der Waals surface area contributed by atoms with Gasteiger partial charge in [-0.3, -0.25) is 0 Å². The number of rotatable bonds is 4. The fourth-order valence-corrected chi connectivity index (χ4v) is 1.13. The number of aliphatic hydroxyl groups is 3. The number of hydrogen-bond acceptors (Lipinski definition) is 3. The Hall–Kier alpha value is 0.120. The van der Waals surface area contributed by atoms with Crippen LogP contribution in [0.1, 0.15) is 41.5 Å². The van der Waals surface area contributed by atoms with Crippen LogP contribution in [0.25, 0.3) is 0 Å². The van der Waals surface area contributed by atoms with Crippen molar-refractivity contribution in [3.8, 4) is 0 Å². The summed E-state index contributed by atoms with van der Waals surface area (Å²) in [6.45, 7) is 12.7. The van der Waals surface area contributed by atoms with E-state index >= 15 is 0 Å². The van der Waals surface area contributed by atoms with E-state index < -0.39 is 14.3 Å². The van der Waals surface area contributed by atoms with Crippen LogP contribution in [0.5, 0.6) is 0 Å². The molecular weight excluding hydrogens is 428 g/mol. The van der Waals surface area contributed by atoms with Crippen molar-refractivity contribution in [1.82, 2.24) is 0 Å². The molecule has 1 aromatic rings. The van der Waals surface area contributed by atoms with Gasteiger partial charge in [-0.05, 0) is 17.8 Å². The molecule has 0 atom stereocenters. The summed E-state index contributed by atoms with van der Waals surface area (Å²) in [5.74, 6) is 1.32. The summed E-state index contributed by atoms with van der Waals surface area (Å²) < 4.78 is 35.3. The molecule has 0 heterocycles. The third-order valence-electron chi connectivity index (χ3n) is 2.09. The van der Waals surface area contributed by atoms with Gasteiger partial charge in [-0.1, -0.05) is 46.7 Å². The minimum absolute atomic E-state index is 0. The number of aliphatic hydroxyl groups excluding tert-OH is 3. The van der Waals surface area contributed by atoms with Crippen LogP contribution in [0.15, 0.2) is 24.3 Å². The third-order valence-corrected chi connectivity index (χ3v) is 3.07. The molecule has 0 aliphatic carbocycles. The van der Waals surface area contributed by atoms with Gasteiger partial charge in [0.1, 0.15) is 0 Å². The van der Waals surface area contributed by atoms with E-state index in [0.717, 1.165) is 12.1 Å². The van der Waals surface area contributed by atoms with Crippen LogP contribution in [0.2, 0.25) is 0 Å². The Labute approximate surface area is 171 Å². The van der Waals surface area contributed by atoms with Gasteiger partial charge in [-0.25, -0.2) is 24.5 Å². The molecule has 3 N–H and O–H groups in total. The summed E-state index contributed by atoms with van der Waals surface area (Å²) in [5, 5.41) is 24.0. The Kier molecular flexibility index (Phi) is 26.8. The van der Waals surface area contributed by atoms with Gasteiger partial charge < -0.3 is 15.3 Å². The van der Waals surface area contributed by atoms with Crippen LogP contribution in [-0.2, 0) is 26.2 Å². The molecule has 1 rings (SSSR count). The van der Waals surface area contributed by atoms with Gasteiger partial charge in [0.2, 0.25) is 0 Å². The summed E-state index contributed by atoms with van der Waals surface area (Å²) in [5.41, 5.74) is 0. The third kappa shape index (κ3) is 32.3. The molecule has 25 heavy (non-hydrogen) atoms. The van der Waals surface area contributed by atoms with Crippen molar-refractivity contribution in [2.45, 2.75) is 41.5 Å². The average molecular weight is 463 g/mol. The maximum Gasteiger partial charge on any atom is 0.584 e. The molecule has 0 saturated heterocycles. The first kappa shape index (κ1) is 32.8. The zero-order valence-corrected chi connectivity index (χ0v) is 19.6. The van der Waals surface area contributed by atoms with E-state index in [1.165, 1.54) is 12.1 Å². The van der Waals surface area contributed by atoms with E-state index in [-0.39, 0.29) is 26.2 Å². The van der Waals surface area contributed by atoms with Gasteiger partial charge in [0.15, 0.2) is 0 Å². The van der Waals surface area contributed by atoms with E-state index in [0.29, 0.717) is 37.6 Å². The van der Waals surface area contributed by atoms with Gasteiger partial charge in [0.25, 0.3) is 0 Å². The van der Waals surface area contributed by atoms with Crippen molar-refractivity contribution >= 4 is 14.3 Å². The number of halogens is 3. The zero-order chi connectivity index (χ0) is 19.8. The van der Waals surface area contributed by atoms with Crippen LogP contribution in [0, 0.1) is 17.8 Å². The number of hydrogen-bond donors (Lipinski definition) is 3. The second-order valence-electron chi connectivity index (χ2n) is 6.40. The maximum atomic E-state index is 11.8. The van der Waals surface area contributed by atoms with Crippen molar-refractivity contribution in [3.05, 3.63) is 24.3 Å². The molecule has 0 bridgehead atoms. The monoisotopic (exact) mass is 461 g/mol. The smallest absolute Gasteiger partial charge is 0.396 e. The summed E-state index contributed by atoms with van der Waals surface area (Å²) in [6, 6.07) is 5.00. The molecule has 0 spiro atoms. The van der Waals surface area contributed by atoms with Crippen molar-refractivity contribution in [3.63, 3.8) is 0 Å².